The van der Waals surface area contributed by atoms with Gasteiger partial charge >= 0.3 is 0 Å². The monoisotopic (exact) mass is 185 g/mol. The van der Waals surface area contributed by atoms with Crippen LogP contribution in [-0.4, -0.2) is 43.0 Å². The molecule has 1 rings (SSSR count). The summed E-state index contributed by atoms with van der Waals surface area (Å²) in [4.78, 5) is 13.5. The lowest BCUT2D eigenvalue weighted by Gasteiger charge is -2.22. The highest BCUT2D eigenvalue weighted by molar-refractivity contribution is 5.81. The number of carbonyl (C=O) groups is 1. The third-order valence-electron chi connectivity index (χ3n) is 2.41. The van der Waals surface area contributed by atoms with Crippen LogP contribution < -0.4 is 11.1 Å². The van der Waals surface area contributed by atoms with Gasteiger partial charge in [-0.3, -0.25) is 4.79 Å². The van der Waals surface area contributed by atoms with Gasteiger partial charge in [0, 0.05) is 19.6 Å². The summed E-state index contributed by atoms with van der Waals surface area (Å²) in [5.41, 5.74) is 5.69. The second-order valence-electron chi connectivity index (χ2n) is 3.44. The number of hydrogen-bond acceptors (Lipinski definition) is 3. The molecule has 1 atom stereocenters. The highest BCUT2D eigenvalue weighted by Gasteiger charge is 2.19. The number of nitrogens with zero attached hydrogens (tertiary/aromatic N) is 1. The van der Waals surface area contributed by atoms with E-state index in [1.54, 1.807) is 0 Å². The molecule has 0 saturated carbocycles. The summed E-state index contributed by atoms with van der Waals surface area (Å²) in [6, 6.07) is -0.307. The fourth-order valence-electron chi connectivity index (χ4n) is 1.48. The second kappa shape index (κ2) is 5.19. The smallest absolute Gasteiger partial charge is 0.239 e. The van der Waals surface area contributed by atoms with Gasteiger partial charge < -0.3 is 16.0 Å². The molecule has 13 heavy (non-hydrogen) atoms. The summed E-state index contributed by atoms with van der Waals surface area (Å²) in [7, 11) is 0. The minimum atomic E-state index is -0.307. The van der Waals surface area contributed by atoms with Crippen molar-refractivity contribution in [3.63, 3.8) is 0 Å². The Bertz CT molecular complexity index is 164. The van der Waals surface area contributed by atoms with Gasteiger partial charge in [0.25, 0.3) is 0 Å². The summed E-state index contributed by atoms with van der Waals surface area (Å²) >= 11 is 0. The molecule has 0 unspecified atom stereocenters. The van der Waals surface area contributed by atoms with Crippen molar-refractivity contribution in [3.8, 4) is 0 Å². The molecule has 1 amide bonds. The lowest BCUT2D eigenvalue weighted by Crippen LogP contribution is -2.44. The molecule has 0 bridgehead atoms. The quantitative estimate of drug-likeness (QED) is 0.612. The molecule has 1 aliphatic heterocycles. The van der Waals surface area contributed by atoms with Crippen LogP contribution in [-0.2, 0) is 4.79 Å². The third kappa shape index (κ3) is 2.97. The summed E-state index contributed by atoms with van der Waals surface area (Å²) in [5, 5.41) is 3.25. The van der Waals surface area contributed by atoms with E-state index < -0.39 is 0 Å². The molecule has 1 heterocycles. The van der Waals surface area contributed by atoms with Crippen molar-refractivity contribution < 1.29 is 4.79 Å². The average molecular weight is 185 g/mol. The summed E-state index contributed by atoms with van der Waals surface area (Å²) in [5.74, 6) is 0.103. The number of carbonyl (C=O) groups excluding carboxylic acids is 1. The van der Waals surface area contributed by atoms with Gasteiger partial charge in [0.1, 0.15) is 0 Å². The highest BCUT2D eigenvalue weighted by atomic mass is 16.2. The Morgan fingerprint density at radius 3 is 3.00 bits per heavy atom. The zero-order valence-electron chi connectivity index (χ0n) is 8.25. The van der Waals surface area contributed by atoms with E-state index in [0.717, 1.165) is 39.0 Å². The largest absolute Gasteiger partial charge is 0.340 e. The van der Waals surface area contributed by atoms with Gasteiger partial charge in [-0.15, -0.1) is 0 Å². The van der Waals surface area contributed by atoms with E-state index in [2.05, 4.69) is 5.32 Å². The molecule has 4 nitrogen and oxygen atoms in total. The summed E-state index contributed by atoms with van der Waals surface area (Å²) in [6.45, 7) is 5.48. The fraction of sp³-hybridized carbons (Fsp3) is 0.889. The molecule has 0 aromatic heterocycles. The van der Waals surface area contributed by atoms with Crippen LogP contribution in [0.4, 0.5) is 0 Å². The normalized spacial score (nSPS) is 20.9. The van der Waals surface area contributed by atoms with Crippen LogP contribution in [0.2, 0.25) is 0 Å². The molecule has 0 aromatic rings. The Labute approximate surface area is 79.5 Å². The molecule has 76 valence electrons. The van der Waals surface area contributed by atoms with Crippen molar-refractivity contribution in [2.45, 2.75) is 25.8 Å². The van der Waals surface area contributed by atoms with Gasteiger partial charge in [-0.05, 0) is 19.4 Å². The molecule has 0 aromatic carbocycles. The zero-order chi connectivity index (χ0) is 9.68. The molecule has 1 aliphatic rings. The number of amides is 1. The molecular formula is C9H19N3O. The van der Waals surface area contributed by atoms with Gasteiger partial charge in [0.2, 0.25) is 5.91 Å². The number of hydrogen-bond donors (Lipinski definition) is 2. The maximum Gasteiger partial charge on any atom is 0.239 e. The van der Waals surface area contributed by atoms with E-state index in [9.17, 15) is 4.79 Å². The van der Waals surface area contributed by atoms with Gasteiger partial charge in [-0.25, -0.2) is 0 Å². The van der Waals surface area contributed by atoms with E-state index in [0.29, 0.717) is 0 Å². The van der Waals surface area contributed by atoms with Gasteiger partial charge in [0.15, 0.2) is 0 Å². The maximum atomic E-state index is 11.7. The molecule has 1 fully saturated rings. The minimum absolute atomic E-state index is 0.103. The van der Waals surface area contributed by atoms with Crippen molar-refractivity contribution in [3.05, 3.63) is 0 Å². The summed E-state index contributed by atoms with van der Waals surface area (Å²) < 4.78 is 0. The van der Waals surface area contributed by atoms with Crippen LogP contribution >= 0.6 is 0 Å². The molecule has 0 aliphatic carbocycles. The van der Waals surface area contributed by atoms with Crippen molar-refractivity contribution >= 4 is 5.91 Å². The standard InChI is InChI=1S/C9H19N3O/c1-2-8(10)9(13)12-6-3-4-11-5-7-12/h8,11H,2-7,10H2,1H3/t8-/m1/s1. The maximum absolute atomic E-state index is 11.7. The van der Waals surface area contributed by atoms with Crippen molar-refractivity contribution in [1.82, 2.24) is 10.2 Å². The minimum Gasteiger partial charge on any atom is -0.340 e. The SMILES string of the molecule is CC[C@@H](N)C(=O)N1CCCNCC1. The average Bonchev–Trinajstić information content (AvgIpc) is 2.43. The van der Waals surface area contributed by atoms with Crippen LogP contribution in [0, 0.1) is 0 Å². The molecule has 3 N–H and O–H groups in total. The van der Waals surface area contributed by atoms with E-state index in [-0.39, 0.29) is 11.9 Å². The lowest BCUT2D eigenvalue weighted by molar-refractivity contribution is -0.132. The number of nitrogens with two attached hydrogens (primary N) is 1. The lowest BCUT2D eigenvalue weighted by atomic mass is 10.2. The first-order valence-electron chi connectivity index (χ1n) is 5.00. The first-order valence-corrected chi connectivity index (χ1v) is 5.00. The van der Waals surface area contributed by atoms with Gasteiger partial charge in [-0.2, -0.15) is 0 Å². The Morgan fingerprint density at radius 2 is 2.31 bits per heavy atom. The van der Waals surface area contributed by atoms with Crippen LogP contribution in [0.15, 0.2) is 0 Å². The van der Waals surface area contributed by atoms with E-state index >= 15 is 0 Å². The predicted molar refractivity (Wildman–Crippen MR) is 52.3 cm³/mol. The van der Waals surface area contributed by atoms with Gasteiger partial charge in [-0.1, -0.05) is 6.92 Å². The first kappa shape index (κ1) is 10.5. The van der Waals surface area contributed by atoms with Crippen LogP contribution in [0.3, 0.4) is 0 Å². The molecule has 0 spiro atoms. The molecule has 4 heteroatoms. The first-order chi connectivity index (χ1) is 6.25. The Morgan fingerprint density at radius 1 is 1.54 bits per heavy atom. The van der Waals surface area contributed by atoms with Crippen LogP contribution in [0.25, 0.3) is 0 Å². The number of nitrogens with one attached hydrogen (secondary N) is 1. The Balaban J connectivity index is 2.43. The van der Waals surface area contributed by atoms with E-state index in [1.165, 1.54) is 0 Å². The topological polar surface area (TPSA) is 58.4 Å². The molecular weight excluding hydrogens is 166 g/mol. The van der Waals surface area contributed by atoms with Crippen molar-refractivity contribution in [2.24, 2.45) is 5.73 Å². The Kier molecular flexibility index (Phi) is 4.18. The van der Waals surface area contributed by atoms with Gasteiger partial charge in [0.05, 0.1) is 6.04 Å². The molecule has 0 radical (unpaired) electrons. The highest BCUT2D eigenvalue weighted by Crippen LogP contribution is 2.00. The van der Waals surface area contributed by atoms with Crippen LogP contribution in [0.1, 0.15) is 19.8 Å². The second-order valence-corrected chi connectivity index (χ2v) is 3.44. The fourth-order valence-corrected chi connectivity index (χ4v) is 1.48. The van der Waals surface area contributed by atoms with Crippen LogP contribution in [0.5, 0.6) is 0 Å². The third-order valence-corrected chi connectivity index (χ3v) is 2.41. The predicted octanol–water partition coefficient (Wildman–Crippen LogP) is -0.454. The van der Waals surface area contributed by atoms with Crippen molar-refractivity contribution in [1.29, 1.82) is 0 Å². The number of rotatable bonds is 2. The van der Waals surface area contributed by atoms with E-state index in [4.69, 9.17) is 5.73 Å². The Hall–Kier alpha value is -0.610. The zero-order valence-corrected chi connectivity index (χ0v) is 8.25. The van der Waals surface area contributed by atoms with Crippen molar-refractivity contribution in [2.75, 3.05) is 26.2 Å². The molecule has 1 saturated heterocycles. The van der Waals surface area contributed by atoms with E-state index in [1.807, 2.05) is 11.8 Å². The summed E-state index contributed by atoms with van der Waals surface area (Å²) in [6.07, 6.45) is 1.75.